The van der Waals surface area contributed by atoms with Gasteiger partial charge in [-0.25, -0.2) is 9.97 Å². The molecular formula is C23H34N4O. The maximum absolute atomic E-state index is 6.18. The highest BCUT2D eigenvalue weighted by Gasteiger charge is 2.15. The maximum atomic E-state index is 6.18. The summed E-state index contributed by atoms with van der Waals surface area (Å²) in [5.41, 5.74) is 10.6. The van der Waals surface area contributed by atoms with E-state index in [0.717, 1.165) is 34.2 Å². The summed E-state index contributed by atoms with van der Waals surface area (Å²) >= 11 is 0. The first kappa shape index (κ1) is 20.6. The Balaban J connectivity index is 1.77. The third-order valence-corrected chi connectivity index (χ3v) is 5.18. The maximum Gasteiger partial charge on any atom is 0.150 e. The van der Waals surface area contributed by atoms with Gasteiger partial charge in [-0.2, -0.15) is 0 Å². The number of aryl methyl sites for hydroxylation is 1. The lowest BCUT2D eigenvalue weighted by Gasteiger charge is -2.17. The van der Waals surface area contributed by atoms with Gasteiger partial charge < -0.3 is 15.5 Å². The van der Waals surface area contributed by atoms with Crippen LogP contribution in [0.3, 0.4) is 0 Å². The van der Waals surface area contributed by atoms with Gasteiger partial charge in [0.1, 0.15) is 29.3 Å². The molecule has 0 aliphatic rings. The average Bonchev–Trinajstić information content (AvgIpc) is 3.06. The van der Waals surface area contributed by atoms with Crippen LogP contribution in [0.5, 0.6) is 0 Å². The van der Waals surface area contributed by atoms with Crippen molar-refractivity contribution < 1.29 is 4.74 Å². The van der Waals surface area contributed by atoms with Crippen molar-refractivity contribution in [2.75, 3.05) is 12.3 Å². The number of nitrogen functional groups attached to an aromatic ring is 1. The van der Waals surface area contributed by atoms with Gasteiger partial charge >= 0.3 is 0 Å². The number of fused-ring (bicyclic) bond motifs is 3. The number of hydrogen-bond acceptors (Lipinski definition) is 4. The molecule has 0 radical (unpaired) electrons. The van der Waals surface area contributed by atoms with E-state index in [9.17, 15) is 0 Å². The second-order valence-electron chi connectivity index (χ2n) is 8.83. The van der Waals surface area contributed by atoms with Crippen molar-refractivity contribution in [1.29, 1.82) is 0 Å². The molecule has 0 saturated heterocycles. The van der Waals surface area contributed by atoms with Crippen molar-refractivity contribution in [2.45, 2.75) is 72.8 Å². The number of anilines is 1. The Labute approximate surface area is 168 Å². The summed E-state index contributed by atoms with van der Waals surface area (Å²) in [4.78, 5) is 12.7. The number of nitrogens with zero attached hydrogens (tertiary/aromatic N) is 2. The summed E-state index contributed by atoms with van der Waals surface area (Å²) in [5.74, 6) is 1.30. The van der Waals surface area contributed by atoms with E-state index in [1.54, 1.807) is 0 Å². The highest BCUT2D eigenvalue weighted by Crippen LogP contribution is 2.30. The van der Waals surface area contributed by atoms with Crippen LogP contribution in [0, 0.1) is 5.41 Å². The van der Waals surface area contributed by atoms with Crippen LogP contribution < -0.4 is 5.73 Å². The van der Waals surface area contributed by atoms with Crippen LogP contribution in [0.15, 0.2) is 18.2 Å². The van der Waals surface area contributed by atoms with Crippen LogP contribution in [0.25, 0.3) is 21.9 Å². The molecule has 0 saturated carbocycles. The van der Waals surface area contributed by atoms with E-state index in [1.165, 1.54) is 37.7 Å². The quantitative estimate of drug-likeness (QED) is 0.461. The van der Waals surface area contributed by atoms with Crippen LogP contribution in [0.4, 0.5) is 5.82 Å². The zero-order chi connectivity index (χ0) is 20.1. The SMILES string of the molecule is CCOCc1nc2c([nH]1)c(N)nc1cccc(CCCCCCC(C)(C)C)c12. The molecule has 0 atom stereocenters. The van der Waals surface area contributed by atoms with Crippen molar-refractivity contribution in [2.24, 2.45) is 5.41 Å². The minimum absolute atomic E-state index is 0.436. The molecule has 0 bridgehead atoms. The summed E-state index contributed by atoms with van der Waals surface area (Å²) in [6.45, 7) is 10.0. The Bertz CT molecular complexity index is 924. The largest absolute Gasteiger partial charge is 0.382 e. The number of rotatable bonds is 9. The van der Waals surface area contributed by atoms with Gasteiger partial charge in [0.2, 0.25) is 0 Å². The third kappa shape index (κ3) is 5.02. The zero-order valence-corrected chi connectivity index (χ0v) is 17.8. The van der Waals surface area contributed by atoms with E-state index in [0.29, 0.717) is 24.4 Å². The molecular weight excluding hydrogens is 348 g/mol. The van der Waals surface area contributed by atoms with Gasteiger partial charge in [-0.05, 0) is 43.2 Å². The van der Waals surface area contributed by atoms with Crippen LogP contribution >= 0.6 is 0 Å². The van der Waals surface area contributed by atoms with E-state index in [2.05, 4.69) is 42.9 Å². The summed E-state index contributed by atoms with van der Waals surface area (Å²) in [5, 5.41) is 1.13. The van der Waals surface area contributed by atoms with Crippen molar-refractivity contribution in [3.8, 4) is 0 Å². The predicted octanol–water partition coefficient (Wildman–Crippen LogP) is 5.77. The van der Waals surface area contributed by atoms with Gasteiger partial charge in [0.15, 0.2) is 0 Å². The second-order valence-corrected chi connectivity index (χ2v) is 8.83. The topological polar surface area (TPSA) is 76.8 Å². The summed E-state index contributed by atoms with van der Waals surface area (Å²) in [6, 6.07) is 6.30. The van der Waals surface area contributed by atoms with Crippen LogP contribution in [0.1, 0.15) is 71.2 Å². The fourth-order valence-corrected chi connectivity index (χ4v) is 3.73. The van der Waals surface area contributed by atoms with Gasteiger partial charge in [-0.15, -0.1) is 0 Å². The molecule has 0 fully saturated rings. The zero-order valence-electron chi connectivity index (χ0n) is 17.8. The molecule has 0 unspecified atom stereocenters. The molecule has 3 rings (SSSR count). The highest BCUT2D eigenvalue weighted by molar-refractivity contribution is 6.07. The van der Waals surface area contributed by atoms with Crippen molar-refractivity contribution in [3.63, 3.8) is 0 Å². The first-order chi connectivity index (χ1) is 13.4. The molecule has 5 nitrogen and oxygen atoms in total. The molecule has 2 heterocycles. The number of H-pyrrole nitrogens is 1. The number of ether oxygens (including phenoxy) is 1. The molecule has 0 amide bonds. The number of imidazole rings is 1. The fraction of sp³-hybridized carbons (Fsp3) is 0.565. The Kier molecular flexibility index (Phi) is 6.55. The van der Waals surface area contributed by atoms with Crippen molar-refractivity contribution in [1.82, 2.24) is 15.0 Å². The summed E-state index contributed by atoms with van der Waals surface area (Å²) < 4.78 is 5.50. The van der Waals surface area contributed by atoms with Gasteiger partial charge in [0, 0.05) is 12.0 Å². The molecule has 5 heteroatoms. The monoisotopic (exact) mass is 382 g/mol. The number of pyridine rings is 1. The van der Waals surface area contributed by atoms with Crippen LogP contribution in [0.2, 0.25) is 0 Å². The van der Waals surface area contributed by atoms with Crippen LogP contribution in [-0.2, 0) is 17.8 Å². The van der Waals surface area contributed by atoms with Gasteiger partial charge in [-0.1, -0.05) is 52.2 Å². The predicted molar refractivity (Wildman–Crippen MR) is 117 cm³/mol. The van der Waals surface area contributed by atoms with Gasteiger partial charge in [0.25, 0.3) is 0 Å². The average molecular weight is 383 g/mol. The van der Waals surface area contributed by atoms with E-state index in [-0.39, 0.29) is 0 Å². The first-order valence-electron chi connectivity index (χ1n) is 10.5. The normalized spacial score (nSPS) is 12.3. The molecule has 152 valence electrons. The minimum Gasteiger partial charge on any atom is -0.382 e. The number of aromatic nitrogens is 3. The lowest BCUT2D eigenvalue weighted by molar-refractivity contribution is 0.129. The Morgan fingerprint density at radius 2 is 1.86 bits per heavy atom. The van der Waals surface area contributed by atoms with Crippen LogP contribution in [-0.4, -0.2) is 21.6 Å². The number of benzene rings is 1. The molecule has 3 aromatic rings. The highest BCUT2D eigenvalue weighted by atomic mass is 16.5. The Hall–Kier alpha value is -2.14. The number of nitrogens with two attached hydrogens (primary N) is 1. The smallest absolute Gasteiger partial charge is 0.150 e. The Morgan fingerprint density at radius 3 is 2.61 bits per heavy atom. The first-order valence-corrected chi connectivity index (χ1v) is 10.5. The summed E-state index contributed by atoms with van der Waals surface area (Å²) in [6.07, 6.45) is 7.38. The molecule has 3 N–H and O–H groups in total. The van der Waals surface area contributed by atoms with E-state index in [4.69, 9.17) is 15.5 Å². The lowest BCUT2D eigenvalue weighted by atomic mass is 9.89. The van der Waals surface area contributed by atoms with Crippen molar-refractivity contribution >= 4 is 27.8 Å². The van der Waals surface area contributed by atoms with E-state index < -0.39 is 0 Å². The molecule has 2 aromatic heterocycles. The second kappa shape index (κ2) is 8.91. The van der Waals surface area contributed by atoms with Gasteiger partial charge in [0.05, 0.1) is 5.52 Å². The molecule has 0 spiro atoms. The van der Waals surface area contributed by atoms with Crippen molar-refractivity contribution in [3.05, 3.63) is 29.6 Å². The minimum atomic E-state index is 0.436. The summed E-state index contributed by atoms with van der Waals surface area (Å²) in [7, 11) is 0. The van der Waals surface area contributed by atoms with E-state index >= 15 is 0 Å². The fourth-order valence-electron chi connectivity index (χ4n) is 3.73. The molecule has 0 aliphatic heterocycles. The molecule has 28 heavy (non-hydrogen) atoms. The third-order valence-electron chi connectivity index (χ3n) is 5.18. The molecule has 0 aliphatic carbocycles. The number of aromatic amines is 1. The van der Waals surface area contributed by atoms with Gasteiger partial charge in [-0.3, -0.25) is 0 Å². The lowest BCUT2D eigenvalue weighted by Crippen LogP contribution is -2.03. The molecule has 1 aromatic carbocycles. The Morgan fingerprint density at radius 1 is 1.07 bits per heavy atom. The van der Waals surface area contributed by atoms with E-state index in [1.807, 2.05) is 13.0 Å². The number of nitrogens with one attached hydrogen (secondary N) is 1. The number of hydrogen-bond donors (Lipinski definition) is 2. The number of unbranched alkanes of at least 4 members (excludes halogenated alkanes) is 3. The standard InChI is InChI=1S/C23H34N4O/c1-5-28-15-18-26-20-19-16(11-8-6-7-9-14-23(2,3)4)12-10-13-17(19)25-22(24)21(20)27-18/h10,12-13H,5-9,11,14-15H2,1-4H3,(H2,24,25)(H,26,27).